The van der Waals surface area contributed by atoms with E-state index in [0.29, 0.717) is 0 Å². The highest BCUT2D eigenvalue weighted by molar-refractivity contribution is 5.20. The van der Waals surface area contributed by atoms with Gasteiger partial charge in [-0.2, -0.15) is 0 Å². The first kappa shape index (κ1) is 9.69. The van der Waals surface area contributed by atoms with Crippen LogP contribution in [0.5, 0.6) is 0 Å². The minimum Gasteiger partial charge on any atom is -0.340 e. The molecule has 14 heavy (non-hydrogen) atoms. The van der Waals surface area contributed by atoms with Gasteiger partial charge in [-0.15, -0.1) is 0 Å². The van der Waals surface area contributed by atoms with Gasteiger partial charge in [-0.25, -0.2) is 0 Å². The molecule has 0 aromatic heterocycles. The lowest BCUT2D eigenvalue weighted by molar-refractivity contribution is -0.166. The molecule has 1 heterocycles. The largest absolute Gasteiger partial charge is 0.340 e. The lowest BCUT2D eigenvalue weighted by Crippen LogP contribution is -2.23. The van der Waals surface area contributed by atoms with Crippen molar-refractivity contribution in [1.82, 2.24) is 0 Å². The van der Waals surface area contributed by atoms with Crippen LogP contribution in [0.4, 0.5) is 0 Å². The van der Waals surface area contributed by atoms with E-state index in [4.69, 9.17) is 9.47 Å². The summed E-state index contributed by atoms with van der Waals surface area (Å²) in [5.74, 6) is -0.569. The van der Waals surface area contributed by atoms with E-state index in [1.54, 1.807) is 0 Å². The number of hydrogen-bond donors (Lipinski definition) is 0. The summed E-state index contributed by atoms with van der Waals surface area (Å²) in [6.07, 6.45) is 0.306. The second-order valence-corrected chi connectivity index (χ2v) is 3.96. The maximum absolute atomic E-state index is 5.82. The molecule has 1 saturated heterocycles. The number of benzene rings is 1. The lowest BCUT2D eigenvalue weighted by Gasteiger charge is -2.23. The molecule has 0 radical (unpaired) electrons. The summed E-state index contributed by atoms with van der Waals surface area (Å²) in [4.78, 5) is 0. The highest BCUT2D eigenvalue weighted by Crippen LogP contribution is 2.36. The molecule has 1 aliphatic heterocycles. The Labute approximate surface area is 84.8 Å². The van der Waals surface area contributed by atoms with Crippen LogP contribution in [-0.4, -0.2) is 12.2 Å². The summed E-state index contributed by atoms with van der Waals surface area (Å²) in [6, 6.07) is 10.1. The van der Waals surface area contributed by atoms with Crippen LogP contribution in [-0.2, 0) is 15.3 Å². The fourth-order valence-electron chi connectivity index (χ4n) is 1.81. The molecule has 0 aliphatic carbocycles. The Balaban J connectivity index is 2.27. The highest BCUT2D eigenvalue weighted by Gasteiger charge is 2.41. The topological polar surface area (TPSA) is 18.5 Å². The van der Waals surface area contributed by atoms with Gasteiger partial charge in [0, 0.05) is 5.56 Å². The summed E-state index contributed by atoms with van der Waals surface area (Å²) in [5, 5.41) is 0. The van der Waals surface area contributed by atoms with Gasteiger partial charge in [0.2, 0.25) is 0 Å². The van der Waals surface area contributed by atoms with E-state index in [9.17, 15) is 0 Å². The number of ether oxygens (including phenoxy) is 2. The fourth-order valence-corrected chi connectivity index (χ4v) is 1.81. The van der Waals surface area contributed by atoms with Crippen molar-refractivity contribution in [2.75, 3.05) is 0 Å². The number of rotatable bonds is 1. The Morgan fingerprint density at radius 2 is 1.50 bits per heavy atom. The van der Waals surface area contributed by atoms with Crippen LogP contribution in [0, 0.1) is 0 Å². The van der Waals surface area contributed by atoms with E-state index in [0.717, 1.165) is 5.56 Å². The zero-order valence-corrected chi connectivity index (χ0v) is 8.86. The van der Waals surface area contributed by atoms with Gasteiger partial charge in [-0.05, 0) is 20.8 Å². The Bertz CT molecular complexity index is 297. The molecule has 1 fully saturated rings. The average Bonchev–Trinajstić information content (AvgIpc) is 2.44. The van der Waals surface area contributed by atoms with Crippen molar-refractivity contribution in [1.29, 1.82) is 0 Å². The molecule has 1 aromatic rings. The predicted octanol–water partition coefficient (Wildman–Crippen LogP) is 2.68. The lowest BCUT2D eigenvalue weighted by atomic mass is 10.1. The quantitative estimate of drug-likeness (QED) is 0.681. The zero-order chi connectivity index (χ0) is 10.2. The van der Waals surface area contributed by atoms with Gasteiger partial charge in [-0.3, -0.25) is 0 Å². The molecule has 2 rings (SSSR count). The van der Waals surface area contributed by atoms with Crippen molar-refractivity contribution in [3.63, 3.8) is 0 Å². The van der Waals surface area contributed by atoms with Crippen LogP contribution < -0.4 is 0 Å². The smallest absolute Gasteiger partial charge is 0.192 e. The normalized spacial score (nSPS) is 37.4. The van der Waals surface area contributed by atoms with Crippen LogP contribution in [0.25, 0.3) is 0 Å². The zero-order valence-electron chi connectivity index (χ0n) is 8.86. The molecular formula is C12H16O2. The molecular weight excluding hydrogens is 176 g/mol. The molecule has 0 N–H and O–H groups in total. The van der Waals surface area contributed by atoms with Crippen molar-refractivity contribution in [2.45, 2.75) is 38.8 Å². The highest BCUT2D eigenvalue weighted by atomic mass is 16.8. The molecule has 1 aliphatic rings. The Morgan fingerprint density at radius 3 is 2.00 bits per heavy atom. The first-order valence-corrected chi connectivity index (χ1v) is 5.03. The Kier molecular flexibility index (Phi) is 2.33. The predicted molar refractivity (Wildman–Crippen MR) is 54.9 cm³/mol. The molecule has 76 valence electrons. The van der Waals surface area contributed by atoms with Crippen LogP contribution in [0.1, 0.15) is 26.3 Å². The van der Waals surface area contributed by atoms with Crippen molar-refractivity contribution < 1.29 is 9.47 Å². The van der Waals surface area contributed by atoms with E-state index in [1.165, 1.54) is 0 Å². The van der Waals surface area contributed by atoms with Gasteiger partial charge >= 0.3 is 0 Å². The standard InChI is InChI=1S/C12H16O2/c1-9-10(2)14-12(3,13-9)11-7-5-4-6-8-11/h4-10H,1-3H3/t9-,10+,12?. The van der Waals surface area contributed by atoms with Crippen LogP contribution >= 0.6 is 0 Å². The van der Waals surface area contributed by atoms with E-state index < -0.39 is 5.79 Å². The minimum absolute atomic E-state index is 0.153. The summed E-state index contributed by atoms with van der Waals surface area (Å²) < 4.78 is 11.6. The molecule has 0 spiro atoms. The second kappa shape index (κ2) is 3.37. The van der Waals surface area contributed by atoms with Gasteiger partial charge in [0.1, 0.15) is 0 Å². The molecule has 0 amide bonds. The van der Waals surface area contributed by atoms with Crippen molar-refractivity contribution >= 4 is 0 Å². The van der Waals surface area contributed by atoms with Gasteiger partial charge in [0.05, 0.1) is 12.2 Å². The van der Waals surface area contributed by atoms with Crippen LogP contribution in [0.2, 0.25) is 0 Å². The summed E-state index contributed by atoms with van der Waals surface area (Å²) >= 11 is 0. The first-order valence-electron chi connectivity index (χ1n) is 5.03. The monoisotopic (exact) mass is 192 g/mol. The van der Waals surface area contributed by atoms with Crippen LogP contribution in [0.3, 0.4) is 0 Å². The molecule has 1 aromatic carbocycles. The van der Waals surface area contributed by atoms with Gasteiger partial charge in [0.15, 0.2) is 5.79 Å². The third kappa shape index (κ3) is 1.56. The maximum Gasteiger partial charge on any atom is 0.192 e. The summed E-state index contributed by atoms with van der Waals surface area (Å²) in [5.41, 5.74) is 1.08. The van der Waals surface area contributed by atoms with Crippen LogP contribution in [0.15, 0.2) is 30.3 Å². The Morgan fingerprint density at radius 1 is 1.00 bits per heavy atom. The molecule has 3 atom stereocenters. The third-order valence-corrected chi connectivity index (χ3v) is 2.78. The average molecular weight is 192 g/mol. The van der Waals surface area contributed by atoms with Gasteiger partial charge < -0.3 is 9.47 Å². The van der Waals surface area contributed by atoms with Crippen molar-refractivity contribution in [3.05, 3.63) is 35.9 Å². The Hall–Kier alpha value is -0.860. The molecule has 2 nitrogen and oxygen atoms in total. The van der Waals surface area contributed by atoms with Crippen molar-refractivity contribution in [3.8, 4) is 0 Å². The molecule has 0 saturated carbocycles. The fraction of sp³-hybridized carbons (Fsp3) is 0.500. The maximum atomic E-state index is 5.82. The molecule has 1 unspecified atom stereocenters. The SMILES string of the molecule is C[C@@H]1OC(C)(c2ccccc2)O[C@@H]1C. The van der Waals surface area contributed by atoms with Crippen molar-refractivity contribution in [2.24, 2.45) is 0 Å². The van der Waals surface area contributed by atoms with E-state index in [-0.39, 0.29) is 12.2 Å². The summed E-state index contributed by atoms with van der Waals surface area (Å²) in [7, 11) is 0. The van der Waals surface area contributed by atoms with E-state index in [2.05, 4.69) is 0 Å². The number of hydrogen-bond acceptors (Lipinski definition) is 2. The first-order chi connectivity index (χ1) is 6.62. The summed E-state index contributed by atoms with van der Waals surface area (Å²) in [6.45, 7) is 6.06. The van der Waals surface area contributed by atoms with E-state index >= 15 is 0 Å². The molecule has 0 bridgehead atoms. The third-order valence-electron chi connectivity index (χ3n) is 2.78. The van der Waals surface area contributed by atoms with Gasteiger partial charge in [0.25, 0.3) is 0 Å². The van der Waals surface area contributed by atoms with Gasteiger partial charge in [-0.1, -0.05) is 30.3 Å². The second-order valence-electron chi connectivity index (χ2n) is 3.96. The van der Waals surface area contributed by atoms with E-state index in [1.807, 2.05) is 51.1 Å². The minimum atomic E-state index is -0.569. The molecule has 2 heteroatoms.